The number of hydrogen-bond donors (Lipinski definition) is 1. The van der Waals surface area contributed by atoms with E-state index < -0.39 is 5.97 Å². The molecule has 0 saturated carbocycles. The van der Waals surface area contributed by atoms with Crippen LogP contribution in [0, 0.1) is 6.92 Å². The van der Waals surface area contributed by atoms with Crippen molar-refractivity contribution in [3.05, 3.63) is 24.0 Å². The zero-order chi connectivity index (χ0) is 12.8. The largest absolute Gasteiger partial charge is 0.481 e. The van der Waals surface area contributed by atoms with E-state index >= 15 is 0 Å². The smallest absolute Gasteiger partial charge is 0.303 e. The van der Waals surface area contributed by atoms with Gasteiger partial charge in [0.25, 0.3) is 0 Å². The van der Waals surface area contributed by atoms with Gasteiger partial charge in [0.1, 0.15) is 0 Å². The zero-order valence-electron chi connectivity index (χ0n) is 10.7. The highest BCUT2D eigenvalue weighted by Crippen LogP contribution is 2.21. The lowest BCUT2D eigenvalue weighted by Crippen LogP contribution is -2.32. The van der Waals surface area contributed by atoms with E-state index in [0.717, 1.165) is 17.8 Å². The van der Waals surface area contributed by atoms with Crippen molar-refractivity contribution >= 4 is 11.7 Å². The molecule has 0 spiro atoms. The first-order chi connectivity index (χ1) is 8.02. The first kappa shape index (κ1) is 13.5. The number of carboxylic acids is 1. The second-order valence-corrected chi connectivity index (χ2v) is 4.45. The Morgan fingerprint density at radius 2 is 2.24 bits per heavy atom. The van der Waals surface area contributed by atoms with Gasteiger partial charge in [0.05, 0.1) is 0 Å². The van der Waals surface area contributed by atoms with Gasteiger partial charge in [-0.05, 0) is 38.8 Å². The van der Waals surface area contributed by atoms with E-state index in [0.29, 0.717) is 12.5 Å². The number of carboxylic acid groups (broad SMARTS) is 1. The average Bonchev–Trinajstić information content (AvgIpc) is 2.25. The topological polar surface area (TPSA) is 53.4 Å². The van der Waals surface area contributed by atoms with Crippen LogP contribution in [0.1, 0.15) is 32.3 Å². The Hall–Kier alpha value is -1.58. The van der Waals surface area contributed by atoms with Crippen LogP contribution in [0.15, 0.2) is 18.5 Å². The van der Waals surface area contributed by atoms with Gasteiger partial charge in [-0.1, -0.05) is 0 Å². The van der Waals surface area contributed by atoms with Crippen molar-refractivity contribution in [1.29, 1.82) is 0 Å². The van der Waals surface area contributed by atoms with E-state index in [9.17, 15) is 4.79 Å². The van der Waals surface area contributed by atoms with Gasteiger partial charge < -0.3 is 10.0 Å². The van der Waals surface area contributed by atoms with E-state index in [-0.39, 0.29) is 6.42 Å². The Morgan fingerprint density at radius 1 is 1.53 bits per heavy atom. The molecule has 1 N–H and O–H groups in total. The van der Waals surface area contributed by atoms with Crippen molar-refractivity contribution in [2.75, 3.05) is 11.4 Å². The fraction of sp³-hybridized carbons (Fsp3) is 0.538. The molecule has 1 aromatic rings. The lowest BCUT2D eigenvalue weighted by atomic mass is 10.1. The van der Waals surface area contributed by atoms with Crippen LogP contribution in [-0.4, -0.2) is 28.6 Å². The van der Waals surface area contributed by atoms with Gasteiger partial charge in [-0.3, -0.25) is 9.78 Å². The maximum Gasteiger partial charge on any atom is 0.303 e. The average molecular weight is 236 g/mol. The first-order valence-corrected chi connectivity index (χ1v) is 5.91. The minimum atomic E-state index is -0.736. The van der Waals surface area contributed by atoms with Crippen molar-refractivity contribution in [1.82, 2.24) is 4.98 Å². The van der Waals surface area contributed by atoms with Crippen LogP contribution in [-0.2, 0) is 4.79 Å². The summed E-state index contributed by atoms with van der Waals surface area (Å²) in [4.78, 5) is 16.8. The predicted octanol–water partition coefficient (Wildman–Crippen LogP) is 2.47. The molecule has 0 aliphatic carbocycles. The van der Waals surface area contributed by atoms with Crippen LogP contribution in [0.2, 0.25) is 0 Å². The number of hydrogen-bond acceptors (Lipinski definition) is 3. The molecule has 1 aromatic heterocycles. The fourth-order valence-electron chi connectivity index (χ4n) is 1.85. The summed E-state index contributed by atoms with van der Waals surface area (Å²) < 4.78 is 0. The SMILES string of the molecule is Cc1cnccc1N(CCCC(=O)O)C(C)C. The predicted molar refractivity (Wildman–Crippen MR) is 68.3 cm³/mol. The van der Waals surface area contributed by atoms with E-state index in [2.05, 4.69) is 23.7 Å². The molecular weight excluding hydrogens is 216 g/mol. The number of aliphatic carboxylic acids is 1. The van der Waals surface area contributed by atoms with Gasteiger partial charge in [-0.15, -0.1) is 0 Å². The number of rotatable bonds is 6. The van der Waals surface area contributed by atoms with Crippen LogP contribution in [0.3, 0.4) is 0 Å². The highest BCUT2D eigenvalue weighted by atomic mass is 16.4. The van der Waals surface area contributed by atoms with Gasteiger partial charge in [0, 0.05) is 37.1 Å². The molecule has 0 radical (unpaired) electrons. The highest BCUT2D eigenvalue weighted by molar-refractivity contribution is 5.66. The first-order valence-electron chi connectivity index (χ1n) is 5.91. The zero-order valence-corrected chi connectivity index (χ0v) is 10.7. The monoisotopic (exact) mass is 236 g/mol. The molecule has 0 atom stereocenters. The van der Waals surface area contributed by atoms with E-state index in [1.54, 1.807) is 6.20 Å². The number of aromatic nitrogens is 1. The molecule has 0 unspecified atom stereocenters. The summed E-state index contributed by atoms with van der Waals surface area (Å²) in [6.45, 7) is 7.00. The maximum atomic E-state index is 10.5. The molecular formula is C13H20N2O2. The Kier molecular flexibility index (Phi) is 4.94. The Labute approximate surface area is 102 Å². The summed E-state index contributed by atoms with van der Waals surface area (Å²) >= 11 is 0. The summed E-state index contributed by atoms with van der Waals surface area (Å²) in [5, 5.41) is 8.66. The molecule has 1 rings (SSSR count). The molecule has 0 fully saturated rings. The van der Waals surface area contributed by atoms with Crippen molar-refractivity contribution in [2.24, 2.45) is 0 Å². The third-order valence-electron chi connectivity index (χ3n) is 2.71. The normalized spacial score (nSPS) is 10.6. The number of aryl methyl sites for hydroxylation is 1. The molecule has 94 valence electrons. The van der Waals surface area contributed by atoms with Crippen molar-refractivity contribution in [3.63, 3.8) is 0 Å². The number of anilines is 1. The molecule has 0 saturated heterocycles. The maximum absolute atomic E-state index is 10.5. The molecule has 0 aromatic carbocycles. The van der Waals surface area contributed by atoms with Gasteiger partial charge in [-0.2, -0.15) is 0 Å². The number of pyridine rings is 1. The summed E-state index contributed by atoms with van der Waals surface area (Å²) in [5.41, 5.74) is 2.26. The summed E-state index contributed by atoms with van der Waals surface area (Å²) in [5.74, 6) is -0.736. The quantitative estimate of drug-likeness (QED) is 0.824. The van der Waals surface area contributed by atoms with Crippen LogP contribution in [0.4, 0.5) is 5.69 Å². The molecule has 0 aliphatic rings. The second kappa shape index (κ2) is 6.23. The molecule has 4 heteroatoms. The Bertz CT molecular complexity index is 377. The van der Waals surface area contributed by atoms with Gasteiger partial charge in [0.15, 0.2) is 0 Å². The van der Waals surface area contributed by atoms with Crippen LogP contribution < -0.4 is 4.90 Å². The second-order valence-electron chi connectivity index (χ2n) is 4.45. The van der Waals surface area contributed by atoms with Crippen molar-refractivity contribution in [2.45, 2.75) is 39.7 Å². The van der Waals surface area contributed by atoms with E-state index in [1.807, 2.05) is 19.2 Å². The minimum absolute atomic E-state index is 0.216. The molecule has 0 amide bonds. The van der Waals surface area contributed by atoms with E-state index in [1.165, 1.54) is 0 Å². The summed E-state index contributed by atoms with van der Waals surface area (Å²) in [7, 11) is 0. The summed E-state index contributed by atoms with van der Waals surface area (Å²) in [6.07, 6.45) is 4.49. The van der Waals surface area contributed by atoms with Gasteiger partial charge in [-0.25, -0.2) is 0 Å². The number of nitrogens with zero attached hydrogens (tertiary/aromatic N) is 2. The van der Waals surface area contributed by atoms with Gasteiger partial charge in [0.2, 0.25) is 0 Å². The number of carbonyl (C=O) groups is 1. The molecule has 17 heavy (non-hydrogen) atoms. The third kappa shape index (κ3) is 4.06. The third-order valence-corrected chi connectivity index (χ3v) is 2.71. The van der Waals surface area contributed by atoms with Gasteiger partial charge >= 0.3 is 5.97 Å². The fourth-order valence-corrected chi connectivity index (χ4v) is 1.85. The molecule has 1 heterocycles. The van der Waals surface area contributed by atoms with Crippen molar-refractivity contribution in [3.8, 4) is 0 Å². The Balaban J connectivity index is 2.73. The van der Waals surface area contributed by atoms with Crippen LogP contribution in [0.5, 0.6) is 0 Å². The standard InChI is InChI=1S/C13H20N2O2/c1-10(2)15(8-4-5-13(16)17)12-6-7-14-9-11(12)3/h6-7,9-10H,4-5,8H2,1-3H3,(H,16,17). The highest BCUT2D eigenvalue weighted by Gasteiger charge is 2.12. The summed E-state index contributed by atoms with van der Waals surface area (Å²) in [6, 6.07) is 2.33. The lowest BCUT2D eigenvalue weighted by molar-refractivity contribution is -0.137. The lowest BCUT2D eigenvalue weighted by Gasteiger charge is -2.30. The molecule has 4 nitrogen and oxygen atoms in total. The van der Waals surface area contributed by atoms with Crippen molar-refractivity contribution < 1.29 is 9.90 Å². The van der Waals surface area contributed by atoms with Crippen LogP contribution >= 0.6 is 0 Å². The molecule has 0 bridgehead atoms. The van der Waals surface area contributed by atoms with Crippen LogP contribution in [0.25, 0.3) is 0 Å². The van der Waals surface area contributed by atoms with E-state index in [4.69, 9.17) is 5.11 Å². The minimum Gasteiger partial charge on any atom is -0.481 e. The Morgan fingerprint density at radius 3 is 2.76 bits per heavy atom. The molecule has 0 aliphatic heterocycles.